The topological polar surface area (TPSA) is 99.8 Å². The molecule has 1 aromatic carbocycles. The highest BCUT2D eigenvalue weighted by Gasteiger charge is 2.26. The van der Waals surface area contributed by atoms with Gasteiger partial charge in [-0.1, -0.05) is 12.1 Å². The molecule has 0 saturated heterocycles. The molecule has 0 fully saturated rings. The lowest BCUT2D eigenvalue weighted by Crippen LogP contribution is -2.28. The molecule has 0 radical (unpaired) electrons. The molecule has 0 aliphatic carbocycles. The number of benzene rings is 1. The van der Waals surface area contributed by atoms with E-state index in [1.807, 2.05) is 6.07 Å². The lowest BCUT2D eigenvalue weighted by molar-refractivity contribution is -0.156. The maximum absolute atomic E-state index is 11.1. The Bertz CT molecular complexity index is 451. The Hall–Kier alpha value is -2.10. The van der Waals surface area contributed by atoms with E-state index in [9.17, 15) is 15.0 Å². The van der Waals surface area contributed by atoms with E-state index in [0.717, 1.165) is 7.11 Å². The number of carbonyl (C=O) groups excluding carboxylic acids is 1. The zero-order valence-electron chi connectivity index (χ0n) is 10.4. The number of hydrogen-bond donors (Lipinski definition) is 2. The van der Waals surface area contributed by atoms with E-state index in [2.05, 4.69) is 4.74 Å². The molecule has 0 aliphatic rings. The number of carbonyl (C=O) groups is 1. The van der Waals surface area contributed by atoms with E-state index in [-0.39, 0.29) is 13.0 Å². The standard InChI is InChI=1S/C13H15NO5/c1-18-13(17)12(16)11(15)9-3-5-10(6-4-9)19-8-2-7-14/h3-6,11-12,15-16H,2,8H2,1H3. The Morgan fingerprint density at radius 3 is 2.53 bits per heavy atom. The van der Waals surface area contributed by atoms with Crippen molar-refractivity contribution in [2.24, 2.45) is 0 Å². The van der Waals surface area contributed by atoms with Crippen molar-refractivity contribution in [2.45, 2.75) is 18.6 Å². The highest BCUT2D eigenvalue weighted by atomic mass is 16.5. The van der Waals surface area contributed by atoms with Gasteiger partial charge in [-0.2, -0.15) is 5.26 Å². The van der Waals surface area contributed by atoms with E-state index < -0.39 is 18.2 Å². The Labute approximate surface area is 110 Å². The van der Waals surface area contributed by atoms with E-state index in [1.54, 1.807) is 12.1 Å². The van der Waals surface area contributed by atoms with Crippen LogP contribution in [-0.4, -0.2) is 36.0 Å². The second-order valence-electron chi connectivity index (χ2n) is 3.74. The van der Waals surface area contributed by atoms with Gasteiger partial charge in [-0.15, -0.1) is 0 Å². The summed E-state index contributed by atoms with van der Waals surface area (Å²) in [6.45, 7) is 0.281. The van der Waals surface area contributed by atoms with E-state index in [4.69, 9.17) is 10.00 Å². The summed E-state index contributed by atoms with van der Waals surface area (Å²) in [4.78, 5) is 11.1. The van der Waals surface area contributed by atoms with Crippen LogP contribution in [-0.2, 0) is 9.53 Å². The lowest BCUT2D eigenvalue weighted by Gasteiger charge is -2.16. The fourth-order valence-electron chi connectivity index (χ4n) is 1.41. The van der Waals surface area contributed by atoms with Crippen molar-refractivity contribution in [1.82, 2.24) is 0 Å². The maximum Gasteiger partial charge on any atom is 0.337 e. The summed E-state index contributed by atoms with van der Waals surface area (Å²) in [5.74, 6) is -0.361. The molecule has 0 heterocycles. The number of methoxy groups -OCH3 is 1. The molecule has 1 aromatic rings. The van der Waals surface area contributed by atoms with Gasteiger partial charge in [0.25, 0.3) is 0 Å². The number of nitrogens with zero attached hydrogens (tertiary/aromatic N) is 1. The number of hydrogen-bond acceptors (Lipinski definition) is 6. The summed E-state index contributed by atoms with van der Waals surface area (Å²) in [6, 6.07) is 8.17. The van der Waals surface area contributed by atoms with Crippen LogP contribution >= 0.6 is 0 Å². The second-order valence-corrected chi connectivity index (χ2v) is 3.74. The molecule has 0 saturated carbocycles. The number of esters is 1. The van der Waals surface area contributed by atoms with Crippen molar-refractivity contribution in [2.75, 3.05) is 13.7 Å². The summed E-state index contributed by atoms with van der Waals surface area (Å²) in [7, 11) is 1.13. The fraction of sp³-hybridized carbons (Fsp3) is 0.385. The Morgan fingerprint density at radius 2 is 2.00 bits per heavy atom. The van der Waals surface area contributed by atoms with Crippen LogP contribution in [0.1, 0.15) is 18.1 Å². The van der Waals surface area contributed by atoms with Gasteiger partial charge in [0, 0.05) is 0 Å². The van der Waals surface area contributed by atoms with Crippen LogP contribution in [0, 0.1) is 11.3 Å². The summed E-state index contributed by atoms with van der Waals surface area (Å²) in [5, 5.41) is 27.6. The van der Waals surface area contributed by atoms with Crippen LogP contribution in [0.4, 0.5) is 0 Å². The zero-order valence-corrected chi connectivity index (χ0v) is 10.4. The largest absolute Gasteiger partial charge is 0.493 e. The molecule has 2 N–H and O–H groups in total. The third-order valence-electron chi connectivity index (χ3n) is 2.45. The van der Waals surface area contributed by atoms with Gasteiger partial charge in [0.15, 0.2) is 6.10 Å². The van der Waals surface area contributed by atoms with Gasteiger partial charge in [-0.3, -0.25) is 0 Å². The van der Waals surface area contributed by atoms with Gasteiger partial charge in [0.2, 0.25) is 0 Å². The molecule has 6 heteroatoms. The van der Waals surface area contributed by atoms with Crippen molar-refractivity contribution in [3.63, 3.8) is 0 Å². The number of nitriles is 1. The summed E-state index contributed by atoms with van der Waals surface area (Å²) >= 11 is 0. The normalized spacial score (nSPS) is 13.2. The molecule has 0 bridgehead atoms. The van der Waals surface area contributed by atoms with E-state index in [1.165, 1.54) is 12.1 Å². The maximum atomic E-state index is 11.1. The Balaban J connectivity index is 2.65. The van der Waals surface area contributed by atoms with Gasteiger partial charge in [-0.25, -0.2) is 4.79 Å². The van der Waals surface area contributed by atoms with Gasteiger partial charge in [0.05, 0.1) is 19.6 Å². The molecule has 0 aromatic heterocycles. The minimum atomic E-state index is -1.63. The van der Waals surface area contributed by atoms with Crippen LogP contribution < -0.4 is 4.74 Å². The van der Waals surface area contributed by atoms with Crippen molar-refractivity contribution in [3.05, 3.63) is 29.8 Å². The predicted molar refractivity (Wildman–Crippen MR) is 65.1 cm³/mol. The lowest BCUT2D eigenvalue weighted by atomic mass is 10.0. The molecular formula is C13H15NO5. The van der Waals surface area contributed by atoms with Crippen LogP contribution in [0.15, 0.2) is 24.3 Å². The van der Waals surface area contributed by atoms with Gasteiger partial charge < -0.3 is 19.7 Å². The smallest absolute Gasteiger partial charge is 0.337 e. The predicted octanol–water partition coefficient (Wildman–Crippen LogP) is 0.546. The second kappa shape index (κ2) is 7.36. The highest BCUT2D eigenvalue weighted by molar-refractivity contribution is 5.75. The molecule has 1 rings (SSSR count). The first-order valence-corrected chi connectivity index (χ1v) is 5.63. The molecule has 0 spiro atoms. The minimum Gasteiger partial charge on any atom is -0.493 e. The van der Waals surface area contributed by atoms with Crippen LogP contribution in [0.25, 0.3) is 0 Å². The van der Waals surface area contributed by atoms with Gasteiger partial charge in [-0.05, 0) is 17.7 Å². The minimum absolute atomic E-state index is 0.281. The number of aliphatic hydroxyl groups is 2. The molecule has 2 atom stereocenters. The van der Waals surface area contributed by atoms with Gasteiger partial charge >= 0.3 is 5.97 Å². The molecule has 6 nitrogen and oxygen atoms in total. The molecule has 0 amide bonds. The van der Waals surface area contributed by atoms with Crippen LogP contribution in [0.3, 0.4) is 0 Å². The number of aliphatic hydroxyl groups excluding tert-OH is 2. The van der Waals surface area contributed by atoms with E-state index >= 15 is 0 Å². The summed E-state index contributed by atoms with van der Waals surface area (Å²) in [5.41, 5.74) is 0.366. The van der Waals surface area contributed by atoms with Crippen LogP contribution in [0.2, 0.25) is 0 Å². The van der Waals surface area contributed by atoms with Gasteiger partial charge in [0.1, 0.15) is 18.5 Å². The molecule has 2 unspecified atom stereocenters. The number of rotatable bonds is 6. The number of ether oxygens (including phenoxy) is 2. The molecule has 0 aliphatic heterocycles. The molecule has 19 heavy (non-hydrogen) atoms. The molecular weight excluding hydrogens is 250 g/mol. The quantitative estimate of drug-likeness (QED) is 0.575. The van der Waals surface area contributed by atoms with E-state index in [0.29, 0.717) is 11.3 Å². The summed E-state index contributed by atoms with van der Waals surface area (Å²) < 4.78 is 9.59. The third-order valence-corrected chi connectivity index (χ3v) is 2.45. The zero-order chi connectivity index (χ0) is 14.3. The SMILES string of the molecule is COC(=O)C(O)C(O)c1ccc(OCCC#N)cc1. The molecule has 102 valence electrons. The summed E-state index contributed by atoms with van der Waals surface area (Å²) in [6.07, 6.45) is -2.71. The average molecular weight is 265 g/mol. The first-order valence-electron chi connectivity index (χ1n) is 5.63. The Morgan fingerprint density at radius 1 is 1.37 bits per heavy atom. The van der Waals surface area contributed by atoms with Crippen molar-refractivity contribution in [3.8, 4) is 11.8 Å². The fourth-order valence-corrected chi connectivity index (χ4v) is 1.41. The van der Waals surface area contributed by atoms with Crippen molar-refractivity contribution in [1.29, 1.82) is 5.26 Å². The average Bonchev–Trinajstić information content (AvgIpc) is 2.46. The Kier molecular flexibility index (Phi) is 5.79. The monoisotopic (exact) mass is 265 g/mol. The van der Waals surface area contributed by atoms with Crippen molar-refractivity contribution < 1.29 is 24.5 Å². The third kappa shape index (κ3) is 4.25. The first-order chi connectivity index (χ1) is 9.10. The highest BCUT2D eigenvalue weighted by Crippen LogP contribution is 2.21. The van der Waals surface area contributed by atoms with Crippen molar-refractivity contribution >= 4 is 5.97 Å². The van der Waals surface area contributed by atoms with Crippen LogP contribution in [0.5, 0.6) is 5.75 Å². The first kappa shape index (κ1) is 15.0.